The number of anilines is 1. The maximum atomic E-state index is 12.4. The normalized spacial score (nSPS) is 10.8. The number of rotatable bonds is 6. The van der Waals surface area contributed by atoms with E-state index in [1.165, 1.54) is 11.0 Å². The van der Waals surface area contributed by atoms with Gasteiger partial charge in [0.05, 0.1) is 17.0 Å². The summed E-state index contributed by atoms with van der Waals surface area (Å²) in [5.74, 6) is -1.26. The van der Waals surface area contributed by atoms with Gasteiger partial charge in [-0.05, 0) is 43.2 Å². The van der Waals surface area contributed by atoms with Crippen LogP contribution >= 0.6 is 22.9 Å². The van der Waals surface area contributed by atoms with E-state index >= 15 is 0 Å². The molecular weight excluding hydrogens is 400 g/mol. The minimum Gasteiger partial charge on any atom is -0.462 e. The van der Waals surface area contributed by atoms with Crippen LogP contribution < -0.4 is 5.32 Å². The topological polar surface area (TPSA) is 75.7 Å². The van der Waals surface area contributed by atoms with Crippen molar-refractivity contribution in [3.05, 3.63) is 56.9 Å². The second-order valence-corrected chi connectivity index (χ2v) is 7.52. The van der Waals surface area contributed by atoms with Crippen LogP contribution in [0.4, 0.5) is 5.00 Å². The molecule has 1 aromatic carbocycles. The van der Waals surface area contributed by atoms with Gasteiger partial charge in [0.1, 0.15) is 5.00 Å². The van der Waals surface area contributed by atoms with Gasteiger partial charge in [0.2, 0.25) is 5.91 Å². The molecular formula is C20H21ClN2O4S. The van der Waals surface area contributed by atoms with Crippen LogP contribution in [0.2, 0.25) is 5.02 Å². The molecule has 0 unspecified atom stereocenters. The summed E-state index contributed by atoms with van der Waals surface area (Å²) in [4.78, 5) is 38.9. The van der Waals surface area contributed by atoms with Crippen molar-refractivity contribution in [2.75, 3.05) is 26.0 Å². The number of esters is 1. The zero-order chi connectivity index (χ0) is 20.8. The Hall–Kier alpha value is -2.64. The van der Waals surface area contributed by atoms with Gasteiger partial charge in [-0.3, -0.25) is 9.59 Å². The number of hydrogen-bond donors (Lipinski definition) is 1. The smallest absolute Gasteiger partial charge is 0.341 e. The SMILES string of the molecule is CCOC(=O)c1c(NC(=O)/C=C/c2cccc(Cl)c2)sc(C(=O)N(C)C)c1C. The first kappa shape index (κ1) is 21.7. The molecule has 28 heavy (non-hydrogen) atoms. The van der Waals surface area contributed by atoms with Crippen molar-refractivity contribution in [2.45, 2.75) is 13.8 Å². The van der Waals surface area contributed by atoms with Crippen LogP contribution in [-0.4, -0.2) is 43.4 Å². The van der Waals surface area contributed by atoms with E-state index in [4.69, 9.17) is 16.3 Å². The Morgan fingerprint density at radius 2 is 2.00 bits per heavy atom. The molecule has 1 N–H and O–H groups in total. The van der Waals surface area contributed by atoms with Gasteiger partial charge in [0, 0.05) is 25.2 Å². The zero-order valence-electron chi connectivity index (χ0n) is 16.0. The van der Waals surface area contributed by atoms with Gasteiger partial charge < -0.3 is 15.0 Å². The third kappa shape index (κ3) is 5.21. The molecule has 0 radical (unpaired) electrons. The predicted octanol–water partition coefficient (Wildman–Crippen LogP) is 4.24. The molecule has 1 aromatic heterocycles. The molecule has 0 saturated carbocycles. The van der Waals surface area contributed by atoms with Crippen LogP contribution in [0, 0.1) is 6.92 Å². The fourth-order valence-corrected chi connectivity index (χ4v) is 3.81. The Morgan fingerprint density at radius 3 is 2.61 bits per heavy atom. The van der Waals surface area contributed by atoms with Crippen molar-refractivity contribution in [2.24, 2.45) is 0 Å². The van der Waals surface area contributed by atoms with Crippen LogP contribution in [0.3, 0.4) is 0 Å². The van der Waals surface area contributed by atoms with Crippen LogP contribution in [0.5, 0.6) is 0 Å². The van der Waals surface area contributed by atoms with Crippen molar-refractivity contribution in [3.63, 3.8) is 0 Å². The van der Waals surface area contributed by atoms with E-state index in [9.17, 15) is 14.4 Å². The van der Waals surface area contributed by atoms with E-state index < -0.39 is 11.9 Å². The fraction of sp³-hybridized carbons (Fsp3) is 0.250. The monoisotopic (exact) mass is 420 g/mol. The fourth-order valence-electron chi connectivity index (χ4n) is 2.39. The quantitative estimate of drug-likeness (QED) is 0.560. The molecule has 6 nitrogen and oxygen atoms in total. The van der Waals surface area contributed by atoms with Crippen LogP contribution in [0.15, 0.2) is 30.3 Å². The standard InChI is InChI=1S/C20H21ClN2O4S/c1-5-27-20(26)16-12(2)17(19(25)23(3)4)28-18(16)22-15(24)10-9-13-7-6-8-14(21)11-13/h6-11H,5H2,1-4H3,(H,22,24)/b10-9+. The molecule has 0 atom stereocenters. The number of nitrogens with one attached hydrogen (secondary N) is 1. The Kier molecular flexibility index (Phi) is 7.37. The molecule has 148 valence electrons. The highest BCUT2D eigenvalue weighted by atomic mass is 35.5. The molecule has 1 heterocycles. The van der Waals surface area contributed by atoms with E-state index in [2.05, 4.69) is 5.32 Å². The minimum absolute atomic E-state index is 0.188. The molecule has 0 fully saturated rings. The number of carbonyl (C=O) groups excluding carboxylic acids is 3. The highest BCUT2D eigenvalue weighted by Crippen LogP contribution is 2.34. The number of thiophene rings is 1. The van der Waals surface area contributed by atoms with Crippen molar-refractivity contribution < 1.29 is 19.1 Å². The average Bonchev–Trinajstić information content (AvgIpc) is 2.95. The van der Waals surface area contributed by atoms with Crippen LogP contribution in [0.1, 0.15) is 38.1 Å². The number of amides is 2. The minimum atomic E-state index is -0.580. The Bertz CT molecular complexity index is 934. The molecule has 0 spiro atoms. The second-order valence-electron chi connectivity index (χ2n) is 6.06. The molecule has 0 bridgehead atoms. The van der Waals surface area contributed by atoms with Crippen molar-refractivity contribution in [1.82, 2.24) is 4.90 Å². The van der Waals surface area contributed by atoms with Crippen LogP contribution in [0.25, 0.3) is 6.08 Å². The highest BCUT2D eigenvalue weighted by Gasteiger charge is 2.27. The lowest BCUT2D eigenvalue weighted by Gasteiger charge is -2.09. The number of benzene rings is 1. The maximum absolute atomic E-state index is 12.4. The van der Waals surface area contributed by atoms with E-state index in [0.717, 1.165) is 16.9 Å². The van der Waals surface area contributed by atoms with Gasteiger partial charge in [0.15, 0.2) is 0 Å². The van der Waals surface area contributed by atoms with E-state index in [-0.39, 0.29) is 23.1 Å². The predicted molar refractivity (Wildman–Crippen MR) is 112 cm³/mol. The molecule has 0 saturated heterocycles. The summed E-state index contributed by atoms with van der Waals surface area (Å²) < 4.78 is 5.09. The van der Waals surface area contributed by atoms with Crippen molar-refractivity contribution in [3.8, 4) is 0 Å². The zero-order valence-corrected chi connectivity index (χ0v) is 17.6. The molecule has 0 aliphatic heterocycles. The lowest BCUT2D eigenvalue weighted by molar-refractivity contribution is -0.111. The van der Waals surface area contributed by atoms with Gasteiger partial charge in [0.25, 0.3) is 5.91 Å². The summed E-state index contributed by atoms with van der Waals surface area (Å²) in [5, 5.41) is 3.52. The first-order valence-electron chi connectivity index (χ1n) is 8.51. The first-order chi connectivity index (χ1) is 13.2. The van der Waals surface area contributed by atoms with Crippen molar-refractivity contribution in [1.29, 1.82) is 0 Å². The third-order valence-electron chi connectivity index (χ3n) is 3.74. The molecule has 0 aliphatic rings. The summed E-state index contributed by atoms with van der Waals surface area (Å²) in [6.07, 6.45) is 2.95. The number of ether oxygens (including phenoxy) is 1. The molecule has 2 rings (SSSR count). The number of carbonyl (C=O) groups is 3. The first-order valence-corrected chi connectivity index (χ1v) is 9.70. The molecule has 0 aliphatic carbocycles. The van der Waals surface area contributed by atoms with Gasteiger partial charge in [-0.2, -0.15) is 0 Å². The Morgan fingerprint density at radius 1 is 1.29 bits per heavy atom. The van der Waals surface area contributed by atoms with Crippen molar-refractivity contribution >= 4 is 51.8 Å². The molecule has 2 amide bonds. The number of hydrogen-bond acceptors (Lipinski definition) is 5. The average molecular weight is 421 g/mol. The third-order valence-corrected chi connectivity index (χ3v) is 5.17. The number of nitrogens with zero attached hydrogens (tertiary/aromatic N) is 1. The summed E-state index contributed by atoms with van der Waals surface area (Å²) >= 11 is 6.98. The van der Waals surface area contributed by atoms with Gasteiger partial charge in [-0.1, -0.05) is 23.7 Å². The lowest BCUT2D eigenvalue weighted by Crippen LogP contribution is -2.21. The lowest BCUT2D eigenvalue weighted by atomic mass is 10.1. The summed E-state index contributed by atoms with van der Waals surface area (Å²) in [7, 11) is 3.25. The molecule has 8 heteroatoms. The highest BCUT2D eigenvalue weighted by molar-refractivity contribution is 7.18. The van der Waals surface area contributed by atoms with E-state index in [1.54, 1.807) is 52.2 Å². The van der Waals surface area contributed by atoms with Gasteiger partial charge >= 0.3 is 5.97 Å². The van der Waals surface area contributed by atoms with E-state index in [1.807, 2.05) is 6.07 Å². The van der Waals surface area contributed by atoms with E-state index in [0.29, 0.717) is 15.5 Å². The summed E-state index contributed by atoms with van der Waals surface area (Å²) in [6, 6.07) is 7.05. The van der Waals surface area contributed by atoms with Gasteiger partial charge in [-0.15, -0.1) is 11.3 Å². The Labute approximate surface area is 172 Å². The largest absolute Gasteiger partial charge is 0.462 e. The maximum Gasteiger partial charge on any atom is 0.341 e. The summed E-state index contributed by atoms with van der Waals surface area (Å²) in [5.41, 5.74) is 1.44. The van der Waals surface area contributed by atoms with Gasteiger partial charge in [-0.25, -0.2) is 4.79 Å². The number of halogens is 1. The van der Waals surface area contributed by atoms with Crippen LogP contribution in [-0.2, 0) is 9.53 Å². The molecule has 2 aromatic rings. The Balaban J connectivity index is 2.32. The second kappa shape index (κ2) is 9.52. The summed E-state index contributed by atoms with van der Waals surface area (Å²) in [6.45, 7) is 3.54.